The molecule has 1 atom stereocenters. The lowest BCUT2D eigenvalue weighted by Crippen LogP contribution is -2.04. The number of nitrogens with zero attached hydrogens (tertiary/aromatic N) is 1. The van der Waals surface area contributed by atoms with Gasteiger partial charge in [0.25, 0.3) is 0 Å². The fraction of sp³-hybridized carbons (Fsp3) is 0.250. The number of thiazole rings is 1. The van der Waals surface area contributed by atoms with Crippen LogP contribution in [0.1, 0.15) is 17.2 Å². The molecule has 2 aromatic rings. The molecule has 1 heterocycles. The molecule has 2 N–H and O–H groups in total. The zero-order valence-corrected chi connectivity index (χ0v) is 10.5. The molecule has 0 aliphatic carbocycles. The van der Waals surface area contributed by atoms with Crippen molar-refractivity contribution in [3.05, 3.63) is 47.5 Å². The predicted molar refractivity (Wildman–Crippen MR) is 70.8 cm³/mol. The van der Waals surface area contributed by atoms with Gasteiger partial charge in [0, 0.05) is 16.8 Å². The van der Waals surface area contributed by atoms with Crippen molar-refractivity contribution < 1.29 is 0 Å². The molecule has 16 heavy (non-hydrogen) atoms. The van der Waals surface area contributed by atoms with E-state index in [0.717, 1.165) is 10.8 Å². The van der Waals surface area contributed by atoms with Crippen molar-refractivity contribution in [1.82, 2.24) is 4.98 Å². The van der Waals surface area contributed by atoms with Crippen LogP contribution in [0.25, 0.3) is 0 Å². The molecule has 4 heteroatoms. The van der Waals surface area contributed by atoms with Gasteiger partial charge in [0.15, 0.2) is 0 Å². The maximum atomic E-state index is 5.67. The van der Waals surface area contributed by atoms with Gasteiger partial charge in [-0.25, -0.2) is 4.98 Å². The summed E-state index contributed by atoms with van der Waals surface area (Å²) in [5, 5.41) is 2.42. The lowest BCUT2D eigenvalue weighted by molar-refractivity contribution is 0.813. The highest BCUT2D eigenvalue weighted by atomic mass is 32.2. The molecular formula is C12H14N2S2. The van der Waals surface area contributed by atoms with Crippen molar-refractivity contribution in [3.8, 4) is 0 Å². The second-order valence-corrected chi connectivity index (χ2v) is 5.74. The van der Waals surface area contributed by atoms with Crippen LogP contribution >= 0.6 is 23.1 Å². The summed E-state index contributed by atoms with van der Waals surface area (Å²) < 4.78 is 1.11. The van der Waals surface area contributed by atoms with Gasteiger partial charge in [-0.15, -0.1) is 11.3 Å². The molecule has 0 saturated heterocycles. The van der Waals surface area contributed by atoms with Crippen LogP contribution in [0.2, 0.25) is 0 Å². The van der Waals surface area contributed by atoms with Gasteiger partial charge in [-0.2, -0.15) is 0 Å². The Bertz CT molecular complexity index is 400. The summed E-state index contributed by atoms with van der Waals surface area (Å²) in [7, 11) is 0. The molecule has 0 bridgehead atoms. The van der Waals surface area contributed by atoms with Crippen LogP contribution in [-0.2, 0) is 0 Å². The third-order valence-corrected chi connectivity index (χ3v) is 4.49. The van der Waals surface area contributed by atoms with Crippen LogP contribution in [0.5, 0.6) is 0 Å². The van der Waals surface area contributed by atoms with E-state index in [1.165, 1.54) is 5.56 Å². The minimum absolute atomic E-state index is 0.414. The molecule has 1 unspecified atom stereocenters. The van der Waals surface area contributed by atoms with E-state index in [9.17, 15) is 0 Å². The summed E-state index contributed by atoms with van der Waals surface area (Å²) >= 11 is 3.48. The molecule has 2 rings (SSSR count). The number of benzene rings is 1. The van der Waals surface area contributed by atoms with Crippen LogP contribution in [0.15, 0.2) is 46.2 Å². The van der Waals surface area contributed by atoms with Crippen molar-refractivity contribution in [2.75, 3.05) is 6.54 Å². The topological polar surface area (TPSA) is 38.9 Å². The van der Waals surface area contributed by atoms with Gasteiger partial charge in [-0.05, 0) is 18.5 Å². The van der Waals surface area contributed by atoms with Crippen molar-refractivity contribution in [3.63, 3.8) is 0 Å². The lowest BCUT2D eigenvalue weighted by Gasteiger charge is -2.14. The zero-order chi connectivity index (χ0) is 11.2. The summed E-state index contributed by atoms with van der Waals surface area (Å²) in [6.07, 6.45) is 2.83. The minimum Gasteiger partial charge on any atom is -0.330 e. The van der Waals surface area contributed by atoms with Gasteiger partial charge in [0.05, 0.1) is 0 Å². The van der Waals surface area contributed by atoms with Gasteiger partial charge in [0.1, 0.15) is 4.34 Å². The summed E-state index contributed by atoms with van der Waals surface area (Å²) in [6.45, 7) is 0.706. The summed E-state index contributed by atoms with van der Waals surface area (Å²) in [6, 6.07) is 10.5. The van der Waals surface area contributed by atoms with Crippen LogP contribution in [0.4, 0.5) is 0 Å². The van der Waals surface area contributed by atoms with E-state index in [-0.39, 0.29) is 0 Å². The Labute approximate surface area is 104 Å². The smallest absolute Gasteiger partial charge is 0.150 e. The van der Waals surface area contributed by atoms with Crippen LogP contribution in [-0.4, -0.2) is 11.5 Å². The Morgan fingerprint density at radius 1 is 1.31 bits per heavy atom. The van der Waals surface area contributed by atoms with E-state index in [0.29, 0.717) is 11.8 Å². The number of thioether (sulfide) groups is 1. The monoisotopic (exact) mass is 250 g/mol. The standard InChI is InChI=1S/C12H14N2S2/c13-7-6-11(10-4-2-1-3-5-10)16-12-14-8-9-15-12/h1-5,8-9,11H,6-7,13H2. The fourth-order valence-electron chi connectivity index (χ4n) is 1.50. The molecular weight excluding hydrogens is 236 g/mol. The maximum Gasteiger partial charge on any atom is 0.150 e. The molecule has 0 spiro atoms. The van der Waals surface area contributed by atoms with Crippen LogP contribution < -0.4 is 5.73 Å². The van der Waals surface area contributed by atoms with Crippen molar-refractivity contribution >= 4 is 23.1 Å². The second-order valence-electron chi connectivity index (χ2n) is 3.39. The Morgan fingerprint density at radius 3 is 2.75 bits per heavy atom. The highest BCUT2D eigenvalue weighted by Gasteiger charge is 2.13. The molecule has 1 aromatic carbocycles. The molecule has 0 amide bonds. The summed E-state index contributed by atoms with van der Waals surface area (Å²) in [4.78, 5) is 4.30. The summed E-state index contributed by atoms with van der Waals surface area (Å²) in [5.74, 6) is 0. The molecule has 2 nitrogen and oxygen atoms in total. The maximum absolute atomic E-state index is 5.67. The van der Waals surface area contributed by atoms with E-state index in [2.05, 4.69) is 29.2 Å². The lowest BCUT2D eigenvalue weighted by atomic mass is 10.1. The first-order valence-corrected chi connectivity index (χ1v) is 6.97. The molecule has 0 radical (unpaired) electrons. The number of nitrogens with two attached hydrogens (primary N) is 1. The predicted octanol–water partition coefficient (Wildman–Crippen LogP) is 3.33. The van der Waals surface area contributed by atoms with Crippen molar-refractivity contribution in [2.45, 2.75) is 16.0 Å². The third kappa shape index (κ3) is 3.07. The first-order valence-electron chi connectivity index (χ1n) is 5.21. The van der Waals surface area contributed by atoms with Crippen molar-refractivity contribution in [2.24, 2.45) is 5.73 Å². The number of hydrogen-bond acceptors (Lipinski definition) is 4. The molecule has 0 fully saturated rings. The normalized spacial score (nSPS) is 12.6. The highest BCUT2D eigenvalue weighted by molar-refractivity contribution is 8.01. The van der Waals surface area contributed by atoms with Gasteiger partial charge < -0.3 is 5.73 Å². The second kappa shape index (κ2) is 6.03. The SMILES string of the molecule is NCCC(Sc1nccs1)c1ccccc1. The van der Waals surface area contributed by atoms with Crippen molar-refractivity contribution in [1.29, 1.82) is 0 Å². The molecule has 0 aliphatic heterocycles. The van der Waals surface area contributed by atoms with Gasteiger partial charge in [-0.1, -0.05) is 42.1 Å². The molecule has 0 aliphatic rings. The molecule has 84 valence electrons. The van der Waals surface area contributed by atoms with E-state index in [1.807, 2.05) is 17.6 Å². The van der Waals surface area contributed by atoms with Gasteiger partial charge >= 0.3 is 0 Å². The highest BCUT2D eigenvalue weighted by Crippen LogP contribution is 2.38. The average molecular weight is 250 g/mol. The summed E-state index contributed by atoms with van der Waals surface area (Å²) in [5.41, 5.74) is 6.99. The van der Waals surface area contributed by atoms with Crippen LogP contribution in [0, 0.1) is 0 Å². The van der Waals surface area contributed by atoms with Gasteiger partial charge in [0.2, 0.25) is 0 Å². The molecule has 1 aromatic heterocycles. The first kappa shape index (κ1) is 11.6. The fourth-order valence-corrected chi connectivity index (χ4v) is 3.51. The third-order valence-electron chi connectivity index (χ3n) is 2.25. The Morgan fingerprint density at radius 2 is 2.12 bits per heavy atom. The molecule has 0 saturated carbocycles. The quantitative estimate of drug-likeness (QED) is 0.827. The largest absolute Gasteiger partial charge is 0.330 e. The van der Waals surface area contributed by atoms with Crippen LogP contribution in [0.3, 0.4) is 0 Å². The van der Waals surface area contributed by atoms with E-state index >= 15 is 0 Å². The zero-order valence-electron chi connectivity index (χ0n) is 8.87. The Kier molecular flexibility index (Phi) is 4.39. The first-order chi connectivity index (χ1) is 7.90. The van der Waals surface area contributed by atoms with E-state index < -0.39 is 0 Å². The minimum atomic E-state index is 0.414. The Hall–Kier alpha value is -0.840. The Balaban J connectivity index is 2.11. The number of aromatic nitrogens is 1. The van der Waals surface area contributed by atoms with Gasteiger partial charge in [-0.3, -0.25) is 0 Å². The van der Waals surface area contributed by atoms with E-state index in [1.54, 1.807) is 23.1 Å². The number of hydrogen-bond donors (Lipinski definition) is 1. The van der Waals surface area contributed by atoms with E-state index in [4.69, 9.17) is 5.73 Å². The average Bonchev–Trinajstić information content (AvgIpc) is 2.83. The number of rotatable bonds is 5.